The van der Waals surface area contributed by atoms with E-state index in [4.69, 9.17) is 4.98 Å². The number of carbonyl (C=O) groups is 1. The summed E-state index contributed by atoms with van der Waals surface area (Å²) in [5, 5.41) is 0.755. The largest absolute Gasteiger partial charge is 0.308 e. The third-order valence-electron chi connectivity index (χ3n) is 4.13. The van der Waals surface area contributed by atoms with E-state index in [1.165, 1.54) is 4.90 Å². The molecule has 0 spiro atoms. The summed E-state index contributed by atoms with van der Waals surface area (Å²) in [6.07, 6.45) is 2.06. The zero-order valence-corrected chi connectivity index (χ0v) is 17.2. The van der Waals surface area contributed by atoms with Gasteiger partial charge >= 0.3 is 0 Å². The molecule has 2 aromatic carbocycles. The molecule has 0 aliphatic carbocycles. The van der Waals surface area contributed by atoms with Gasteiger partial charge in [0.05, 0.1) is 10.2 Å². The van der Waals surface area contributed by atoms with Crippen LogP contribution in [0.25, 0.3) is 10.2 Å². The highest BCUT2D eigenvalue weighted by atomic mass is 32.2. The number of fused-ring (bicyclic) bond motifs is 1. The Morgan fingerprint density at radius 2 is 1.85 bits per heavy atom. The first-order valence-electron chi connectivity index (χ1n) is 8.46. The van der Waals surface area contributed by atoms with Crippen LogP contribution in [0.15, 0.2) is 47.4 Å². The first kappa shape index (κ1) is 18.9. The van der Waals surface area contributed by atoms with Crippen molar-refractivity contribution in [1.82, 2.24) is 9.88 Å². The van der Waals surface area contributed by atoms with Crippen molar-refractivity contribution in [3.05, 3.63) is 53.6 Å². The Labute approximate surface area is 162 Å². The molecule has 26 heavy (non-hydrogen) atoms. The van der Waals surface area contributed by atoms with E-state index in [0.717, 1.165) is 27.5 Å². The van der Waals surface area contributed by atoms with Gasteiger partial charge in [-0.05, 0) is 57.6 Å². The van der Waals surface area contributed by atoms with Crippen molar-refractivity contribution >= 4 is 44.4 Å². The minimum atomic E-state index is -0.00371. The standard InChI is InChI=1S/C20H23N3OS2/c1-14-5-7-15(8-6-14)19(24)23(12-11-22(2)3)20-21-17-10-9-16(25-4)13-18(17)26-20/h5-10,13H,11-12H2,1-4H3. The molecule has 0 aliphatic heterocycles. The maximum absolute atomic E-state index is 13.1. The summed E-state index contributed by atoms with van der Waals surface area (Å²) in [6.45, 7) is 3.41. The average Bonchev–Trinajstić information content (AvgIpc) is 3.04. The molecule has 0 unspecified atom stereocenters. The lowest BCUT2D eigenvalue weighted by Crippen LogP contribution is -2.36. The number of carbonyl (C=O) groups excluding carboxylic acids is 1. The van der Waals surface area contributed by atoms with Crippen molar-refractivity contribution in [1.29, 1.82) is 0 Å². The number of rotatable bonds is 6. The molecule has 6 heteroatoms. The van der Waals surface area contributed by atoms with Crippen LogP contribution in [0.1, 0.15) is 15.9 Å². The Bertz CT molecular complexity index is 903. The molecule has 1 aromatic heterocycles. The second kappa shape index (κ2) is 8.20. The van der Waals surface area contributed by atoms with E-state index < -0.39 is 0 Å². The molecule has 0 saturated heterocycles. The van der Waals surface area contributed by atoms with Gasteiger partial charge in [0.2, 0.25) is 0 Å². The fourth-order valence-corrected chi connectivity index (χ4v) is 4.11. The predicted molar refractivity (Wildman–Crippen MR) is 113 cm³/mol. The van der Waals surface area contributed by atoms with Crippen molar-refractivity contribution in [2.24, 2.45) is 0 Å². The lowest BCUT2D eigenvalue weighted by Gasteiger charge is -2.22. The molecule has 3 rings (SSSR count). The van der Waals surface area contributed by atoms with Gasteiger partial charge in [-0.2, -0.15) is 0 Å². The highest BCUT2D eigenvalue weighted by Crippen LogP contribution is 2.32. The summed E-state index contributed by atoms with van der Waals surface area (Å²) in [4.78, 5) is 22.9. The Morgan fingerprint density at radius 3 is 2.50 bits per heavy atom. The molecule has 1 amide bonds. The maximum atomic E-state index is 13.1. The molecule has 0 radical (unpaired) electrons. The Morgan fingerprint density at radius 1 is 1.12 bits per heavy atom. The minimum absolute atomic E-state index is 0.00371. The van der Waals surface area contributed by atoms with Crippen LogP contribution in [-0.4, -0.2) is 49.2 Å². The number of amides is 1. The number of benzene rings is 2. The Hall–Kier alpha value is -1.89. The van der Waals surface area contributed by atoms with Crippen LogP contribution in [0.3, 0.4) is 0 Å². The SMILES string of the molecule is CSc1ccc2nc(N(CCN(C)C)C(=O)c3ccc(C)cc3)sc2c1. The second-order valence-corrected chi connectivity index (χ2v) is 8.34. The zero-order valence-electron chi connectivity index (χ0n) is 15.5. The highest BCUT2D eigenvalue weighted by molar-refractivity contribution is 7.98. The summed E-state index contributed by atoms with van der Waals surface area (Å²) >= 11 is 3.29. The summed E-state index contributed by atoms with van der Waals surface area (Å²) < 4.78 is 1.11. The summed E-state index contributed by atoms with van der Waals surface area (Å²) in [6, 6.07) is 14.0. The van der Waals surface area contributed by atoms with E-state index in [-0.39, 0.29) is 5.91 Å². The summed E-state index contributed by atoms with van der Waals surface area (Å²) in [7, 11) is 4.02. The number of hydrogen-bond donors (Lipinski definition) is 0. The van der Waals surface area contributed by atoms with Crippen molar-refractivity contribution in [2.45, 2.75) is 11.8 Å². The van der Waals surface area contributed by atoms with E-state index in [2.05, 4.69) is 23.3 Å². The minimum Gasteiger partial charge on any atom is -0.308 e. The number of aromatic nitrogens is 1. The Balaban J connectivity index is 1.97. The second-order valence-electron chi connectivity index (χ2n) is 6.46. The molecular weight excluding hydrogens is 362 g/mol. The van der Waals surface area contributed by atoms with Gasteiger partial charge in [-0.25, -0.2) is 4.98 Å². The normalized spacial score (nSPS) is 11.3. The van der Waals surface area contributed by atoms with E-state index in [9.17, 15) is 4.79 Å². The number of aryl methyl sites for hydroxylation is 1. The van der Waals surface area contributed by atoms with Gasteiger partial charge in [0.15, 0.2) is 5.13 Å². The van der Waals surface area contributed by atoms with Crippen molar-refractivity contribution in [2.75, 3.05) is 38.3 Å². The number of anilines is 1. The molecule has 0 bridgehead atoms. The van der Waals surface area contributed by atoms with Crippen molar-refractivity contribution in [3.8, 4) is 0 Å². The van der Waals surface area contributed by atoms with Crippen LogP contribution in [0.4, 0.5) is 5.13 Å². The van der Waals surface area contributed by atoms with Crippen LogP contribution < -0.4 is 4.90 Å². The van der Waals surface area contributed by atoms with Crippen LogP contribution in [-0.2, 0) is 0 Å². The predicted octanol–water partition coefficient (Wildman–Crippen LogP) is 4.54. The van der Waals surface area contributed by atoms with E-state index in [1.807, 2.05) is 51.4 Å². The highest BCUT2D eigenvalue weighted by Gasteiger charge is 2.21. The topological polar surface area (TPSA) is 36.4 Å². The number of nitrogens with zero attached hydrogens (tertiary/aromatic N) is 3. The van der Waals surface area contributed by atoms with E-state index in [1.54, 1.807) is 28.0 Å². The van der Waals surface area contributed by atoms with Crippen molar-refractivity contribution < 1.29 is 4.79 Å². The number of thioether (sulfide) groups is 1. The lowest BCUT2D eigenvalue weighted by molar-refractivity contribution is 0.0985. The molecule has 136 valence electrons. The van der Waals surface area contributed by atoms with Gasteiger partial charge < -0.3 is 4.90 Å². The molecule has 0 N–H and O–H groups in total. The summed E-state index contributed by atoms with van der Waals surface area (Å²) in [5.74, 6) is -0.00371. The van der Waals surface area contributed by atoms with Gasteiger partial charge in [0.25, 0.3) is 5.91 Å². The Kier molecular flexibility index (Phi) is 5.96. The van der Waals surface area contributed by atoms with Gasteiger partial charge in [-0.1, -0.05) is 29.0 Å². The maximum Gasteiger partial charge on any atom is 0.260 e. The van der Waals surface area contributed by atoms with Crippen LogP contribution in [0.2, 0.25) is 0 Å². The van der Waals surface area contributed by atoms with Gasteiger partial charge in [0, 0.05) is 23.5 Å². The van der Waals surface area contributed by atoms with Gasteiger partial charge in [-0.15, -0.1) is 11.8 Å². The monoisotopic (exact) mass is 385 g/mol. The first-order chi connectivity index (χ1) is 12.5. The zero-order chi connectivity index (χ0) is 18.7. The number of hydrogen-bond acceptors (Lipinski definition) is 5. The van der Waals surface area contributed by atoms with E-state index >= 15 is 0 Å². The average molecular weight is 386 g/mol. The van der Waals surface area contributed by atoms with Gasteiger partial charge in [0.1, 0.15) is 0 Å². The lowest BCUT2D eigenvalue weighted by atomic mass is 10.1. The molecule has 3 aromatic rings. The summed E-state index contributed by atoms with van der Waals surface area (Å²) in [5.41, 5.74) is 2.78. The first-order valence-corrected chi connectivity index (χ1v) is 10.5. The molecule has 4 nitrogen and oxygen atoms in total. The third-order valence-corrected chi connectivity index (χ3v) is 5.90. The molecule has 0 atom stereocenters. The fraction of sp³-hybridized carbons (Fsp3) is 0.300. The molecule has 0 aliphatic rings. The molecular formula is C20H23N3OS2. The van der Waals surface area contributed by atoms with Crippen molar-refractivity contribution in [3.63, 3.8) is 0 Å². The molecule has 0 saturated carbocycles. The molecule has 0 fully saturated rings. The third kappa shape index (κ3) is 4.26. The number of thiazole rings is 1. The fourth-order valence-electron chi connectivity index (χ4n) is 2.57. The van der Waals surface area contributed by atoms with Crippen LogP contribution in [0.5, 0.6) is 0 Å². The quantitative estimate of drug-likeness (QED) is 0.584. The van der Waals surface area contributed by atoms with Gasteiger partial charge in [-0.3, -0.25) is 9.69 Å². The molecule has 1 heterocycles. The number of likely N-dealkylation sites (N-methyl/N-ethyl adjacent to an activating group) is 1. The van der Waals surface area contributed by atoms with E-state index in [0.29, 0.717) is 12.1 Å². The van der Waals surface area contributed by atoms with Crippen LogP contribution >= 0.6 is 23.1 Å². The smallest absolute Gasteiger partial charge is 0.260 e. The van der Waals surface area contributed by atoms with Crippen LogP contribution in [0, 0.1) is 6.92 Å².